The number of ether oxygens (including phenoxy) is 2. The van der Waals surface area contributed by atoms with E-state index in [1.165, 1.54) is 11.1 Å². The molecular weight excluding hydrogens is 540 g/mol. The summed E-state index contributed by atoms with van der Waals surface area (Å²) >= 11 is 0. The van der Waals surface area contributed by atoms with Gasteiger partial charge in [-0.05, 0) is 72.1 Å². The van der Waals surface area contributed by atoms with Gasteiger partial charge < -0.3 is 25.4 Å². The molecule has 0 aromatic heterocycles. The Morgan fingerprint density at radius 1 is 1.12 bits per heavy atom. The summed E-state index contributed by atoms with van der Waals surface area (Å²) in [6.07, 6.45) is 5.20. The number of amides is 2. The molecule has 3 aliphatic rings. The van der Waals surface area contributed by atoms with E-state index >= 15 is 0 Å². The van der Waals surface area contributed by atoms with E-state index in [0.29, 0.717) is 36.4 Å². The molecule has 1 unspecified atom stereocenters. The molecule has 3 heterocycles. The minimum Gasteiger partial charge on any atom is -0.482 e. The fourth-order valence-electron chi connectivity index (χ4n) is 6.89. The Labute approximate surface area is 254 Å². The van der Waals surface area contributed by atoms with Gasteiger partial charge in [-0.25, -0.2) is 0 Å². The molecule has 8 nitrogen and oxygen atoms in total. The van der Waals surface area contributed by atoms with Crippen LogP contribution in [0.3, 0.4) is 0 Å². The highest BCUT2D eigenvalue weighted by molar-refractivity contribution is 5.96. The van der Waals surface area contributed by atoms with Gasteiger partial charge in [0.2, 0.25) is 5.91 Å². The lowest BCUT2D eigenvalue weighted by atomic mass is 9.97. The number of methoxy groups -OCH3 is 1. The summed E-state index contributed by atoms with van der Waals surface area (Å²) in [7, 11) is 1.76. The van der Waals surface area contributed by atoms with Crippen molar-refractivity contribution in [2.45, 2.75) is 63.2 Å². The van der Waals surface area contributed by atoms with Crippen LogP contribution in [0.5, 0.6) is 5.75 Å². The number of carbonyl (C=O) groups excluding carboxylic acids is 2. The second-order valence-electron chi connectivity index (χ2n) is 12.1. The number of nitrogens with two attached hydrogens (primary N) is 1. The number of nitrogens with zero attached hydrogens (tertiary/aromatic N) is 2. The lowest BCUT2D eigenvalue weighted by molar-refractivity contribution is -0.134. The predicted octanol–water partition coefficient (Wildman–Crippen LogP) is 4.92. The maximum atomic E-state index is 13.4. The summed E-state index contributed by atoms with van der Waals surface area (Å²) in [5.74, 6) is 0.690. The average Bonchev–Trinajstić information content (AvgIpc) is 3.40. The minimum atomic E-state index is -0.243. The van der Waals surface area contributed by atoms with Gasteiger partial charge in [-0.2, -0.15) is 0 Å². The number of fused-ring (bicyclic) bond motifs is 2. The molecule has 3 atom stereocenters. The Morgan fingerprint density at radius 3 is 2.77 bits per heavy atom. The summed E-state index contributed by atoms with van der Waals surface area (Å²) in [6.45, 7) is 3.33. The zero-order valence-electron chi connectivity index (χ0n) is 25.0. The van der Waals surface area contributed by atoms with Crippen molar-refractivity contribution in [3.8, 4) is 16.9 Å². The van der Waals surface area contributed by atoms with Crippen molar-refractivity contribution in [2.75, 3.05) is 38.7 Å². The maximum Gasteiger partial charge on any atom is 0.262 e. The first kappa shape index (κ1) is 29.4. The number of likely N-dealkylation sites (tertiary alicyclic amines) is 1. The number of nitrogens with one attached hydrogen (secondary N) is 1. The van der Waals surface area contributed by atoms with Crippen LogP contribution in [0.1, 0.15) is 54.8 Å². The second kappa shape index (κ2) is 13.3. The molecule has 3 N–H and O–H groups in total. The van der Waals surface area contributed by atoms with Crippen molar-refractivity contribution in [1.29, 1.82) is 0 Å². The highest BCUT2D eigenvalue weighted by Crippen LogP contribution is 2.40. The number of anilines is 1. The molecule has 8 heteroatoms. The highest BCUT2D eigenvalue weighted by atomic mass is 16.5. The van der Waals surface area contributed by atoms with Crippen molar-refractivity contribution in [3.63, 3.8) is 0 Å². The summed E-state index contributed by atoms with van der Waals surface area (Å²) < 4.78 is 10.8. The van der Waals surface area contributed by atoms with Gasteiger partial charge in [0.1, 0.15) is 5.75 Å². The fourth-order valence-corrected chi connectivity index (χ4v) is 6.89. The largest absolute Gasteiger partial charge is 0.482 e. The third-order valence-electron chi connectivity index (χ3n) is 9.05. The Morgan fingerprint density at radius 2 is 1.93 bits per heavy atom. The summed E-state index contributed by atoms with van der Waals surface area (Å²) in [5, 5.41) is 2.86. The number of hydrogen-bond donors (Lipinski definition) is 2. The van der Waals surface area contributed by atoms with Crippen LogP contribution in [0, 0.1) is 0 Å². The molecule has 0 aliphatic carbocycles. The minimum absolute atomic E-state index is 0.0468. The number of carbonyl (C=O) groups is 2. The first-order chi connectivity index (χ1) is 21.0. The normalized spacial score (nSPS) is 20.6. The number of piperidine rings is 1. The lowest BCUT2D eigenvalue weighted by Gasteiger charge is -2.40. The predicted molar refractivity (Wildman–Crippen MR) is 168 cm³/mol. The van der Waals surface area contributed by atoms with Crippen molar-refractivity contribution < 1.29 is 19.1 Å². The molecular formula is C35H42N4O4. The van der Waals surface area contributed by atoms with Crippen LogP contribution in [-0.4, -0.2) is 67.1 Å². The summed E-state index contributed by atoms with van der Waals surface area (Å²) in [6, 6.07) is 23.3. The van der Waals surface area contributed by atoms with E-state index in [1.54, 1.807) is 7.11 Å². The van der Waals surface area contributed by atoms with Gasteiger partial charge >= 0.3 is 0 Å². The van der Waals surface area contributed by atoms with E-state index in [-0.39, 0.29) is 24.5 Å². The summed E-state index contributed by atoms with van der Waals surface area (Å²) in [5.41, 5.74) is 13.2. The van der Waals surface area contributed by atoms with Crippen molar-refractivity contribution >= 4 is 17.5 Å². The van der Waals surface area contributed by atoms with E-state index < -0.39 is 0 Å². The van der Waals surface area contributed by atoms with Gasteiger partial charge in [0.05, 0.1) is 5.69 Å². The van der Waals surface area contributed by atoms with E-state index in [2.05, 4.69) is 58.7 Å². The molecule has 2 amide bonds. The van der Waals surface area contributed by atoms with Crippen LogP contribution in [0.4, 0.5) is 5.69 Å². The van der Waals surface area contributed by atoms with Crippen LogP contribution in [0.15, 0.2) is 66.7 Å². The van der Waals surface area contributed by atoms with E-state index in [9.17, 15) is 9.59 Å². The standard InChI is InChI=1S/C35H42N4O4/c1-42-17-5-9-32-30-8-3-2-6-27(30)21-39(32)29-7-4-16-38(22-29)35(41)20-28(36)18-24-10-12-25(13-11-24)26-14-15-33-31(19-26)37-34(40)23-43-33/h2-3,6,8,10-15,19,28-29,32H,4-5,7,9,16-18,20-23,36H2,1H3,(H,37,40)/t28-,29-,32?/m1/s1. The monoisotopic (exact) mass is 582 g/mol. The third-order valence-corrected chi connectivity index (χ3v) is 9.05. The Balaban J connectivity index is 1.04. The zero-order valence-corrected chi connectivity index (χ0v) is 25.0. The maximum absolute atomic E-state index is 13.4. The van der Waals surface area contributed by atoms with E-state index in [4.69, 9.17) is 15.2 Å². The summed E-state index contributed by atoms with van der Waals surface area (Å²) in [4.78, 5) is 29.8. The molecule has 6 rings (SSSR count). The number of hydrogen-bond acceptors (Lipinski definition) is 6. The average molecular weight is 583 g/mol. The highest BCUT2D eigenvalue weighted by Gasteiger charge is 2.37. The molecule has 0 bridgehead atoms. The van der Waals surface area contributed by atoms with Crippen LogP contribution >= 0.6 is 0 Å². The van der Waals surface area contributed by atoms with Crippen LogP contribution < -0.4 is 15.8 Å². The van der Waals surface area contributed by atoms with Crippen LogP contribution in [0.2, 0.25) is 0 Å². The molecule has 3 aromatic rings. The Hall–Kier alpha value is -3.72. The number of benzene rings is 3. The molecule has 1 fully saturated rings. The molecule has 226 valence electrons. The van der Waals surface area contributed by atoms with Gasteiger partial charge in [-0.15, -0.1) is 0 Å². The smallest absolute Gasteiger partial charge is 0.262 e. The topological polar surface area (TPSA) is 97.1 Å². The molecule has 1 saturated heterocycles. The zero-order chi connectivity index (χ0) is 29.8. The molecule has 3 aromatic carbocycles. The molecule has 0 saturated carbocycles. The number of rotatable bonds is 10. The van der Waals surface area contributed by atoms with Gasteiger partial charge in [0, 0.05) is 57.9 Å². The molecule has 43 heavy (non-hydrogen) atoms. The van der Waals surface area contributed by atoms with Crippen LogP contribution in [0.25, 0.3) is 11.1 Å². The molecule has 3 aliphatic heterocycles. The van der Waals surface area contributed by atoms with Gasteiger partial charge in [0.15, 0.2) is 6.61 Å². The fraction of sp³-hybridized carbons (Fsp3) is 0.429. The SMILES string of the molecule is COCCCC1c2ccccc2CN1[C@@H]1CCCN(C(=O)C[C@H](N)Cc2ccc(-c3ccc4c(c3)NC(=O)CO4)cc2)C1. The lowest BCUT2D eigenvalue weighted by Crippen LogP contribution is -2.50. The van der Waals surface area contributed by atoms with Gasteiger partial charge in [-0.3, -0.25) is 14.5 Å². The van der Waals surface area contributed by atoms with Crippen LogP contribution in [-0.2, 0) is 27.3 Å². The van der Waals surface area contributed by atoms with E-state index in [1.807, 2.05) is 23.1 Å². The second-order valence-corrected chi connectivity index (χ2v) is 12.1. The first-order valence-electron chi connectivity index (χ1n) is 15.5. The Bertz CT molecular complexity index is 1440. The van der Waals surface area contributed by atoms with E-state index in [0.717, 1.165) is 68.6 Å². The first-order valence-corrected chi connectivity index (χ1v) is 15.5. The van der Waals surface area contributed by atoms with Crippen molar-refractivity contribution in [2.24, 2.45) is 5.73 Å². The molecule has 0 radical (unpaired) electrons. The van der Waals surface area contributed by atoms with Crippen molar-refractivity contribution in [3.05, 3.63) is 83.4 Å². The van der Waals surface area contributed by atoms with Crippen molar-refractivity contribution in [1.82, 2.24) is 9.80 Å². The van der Waals surface area contributed by atoms with Gasteiger partial charge in [0.25, 0.3) is 5.91 Å². The van der Waals surface area contributed by atoms with Gasteiger partial charge in [-0.1, -0.05) is 54.6 Å². The third kappa shape index (κ3) is 6.77. The Kier molecular flexibility index (Phi) is 9.07. The quantitative estimate of drug-likeness (QED) is 0.330. The molecule has 0 spiro atoms.